The van der Waals surface area contributed by atoms with Crippen molar-refractivity contribution >= 4 is 11.7 Å². The average molecular weight is 355 g/mol. The van der Waals surface area contributed by atoms with Crippen molar-refractivity contribution in [1.29, 1.82) is 0 Å². The maximum Gasteiger partial charge on any atom is 0.322 e. The van der Waals surface area contributed by atoms with E-state index < -0.39 is 0 Å². The average Bonchev–Trinajstić information content (AvgIpc) is 2.69. The molecule has 2 amide bonds. The molecular weight excluding hydrogens is 330 g/mol. The molecule has 1 aliphatic rings. The Morgan fingerprint density at radius 3 is 2.31 bits per heavy atom. The van der Waals surface area contributed by atoms with E-state index in [1.54, 1.807) is 14.2 Å². The van der Waals surface area contributed by atoms with Gasteiger partial charge in [-0.25, -0.2) is 4.79 Å². The van der Waals surface area contributed by atoms with E-state index in [0.717, 1.165) is 25.4 Å². The molecule has 0 spiro atoms. The zero-order chi connectivity index (χ0) is 18.4. The van der Waals surface area contributed by atoms with Crippen LogP contribution in [-0.4, -0.2) is 56.2 Å². The lowest BCUT2D eigenvalue weighted by molar-refractivity contribution is 0.143. The molecule has 2 aromatic rings. The number of urea groups is 1. The van der Waals surface area contributed by atoms with Crippen LogP contribution in [0, 0.1) is 0 Å². The molecule has 0 atom stereocenters. The van der Waals surface area contributed by atoms with Gasteiger partial charge in [-0.2, -0.15) is 0 Å². The van der Waals surface area contributed by atoms with Crippen LogP contribution in [0.4, 0.5) is 10.5 Å². The number of para-hydroxylation sites is 2. The smallest absolute Gasteiger partial charge is 0.322 e. The van der Waals surface area contributed by atoms with Gasteiger partial charge in [-0.3, -0.25) is 4.90 Å². The normalized spacial score (nSPS) is 14.8. The molecule has 0 unspecified atom stereocenters. The van der Waals surface area contributed by atoms with Crippen LogP contribution in [0.15, 0.2) is 48.5 Å². The predicted molar refractivity (Wildman–Crippen MR) is 102 cm³/mol. The number of anilines is 1. The molecule has 1 fully saturated rings. The number of nitrogens with zero attached hydrogens (tertiary/aromatic N) is 2. The standard InChI is InChI=1S/C20H25N3O3/c1-25-17-9-7-16(8-10-17)15-22-11-13-23(14-12-22)20(24)21-18-5-3-4-6-19(18)26-2/h3-10H,11-15H2,1-2H3,(H,21,24). The first-order valence-electron chi connectivity index (χ1n) is 8.74. The molecule has 1 heterocycles. The number of hydrogen-bond donors (Lipinski definition) is 1. The Balaban J connectivity index is 1.50. The summed E-state index contributed by atoms with van der Waals surface area (Å²) in [6, 6.07) is 15.5. The summed E-state index contributed by atoms with van der Waals surface area (Å²) >= 11 is 0. The van der Waals surface area contributed by atoms with Crippen LogP contribution in [0.1, 0.15) is 5.56 Å². The number of carbonyl (C=O) groups excluding carboxylic acids is 1. The number of amides is 2. The molecule has 6 heteroatoms. The fraction of sp³-hybridized carbons (Fsp3) is 0.350. The van der Waals surface area contributed by atoms with E-state index in [2.05, 4.69) is 22.3 Å². The molecule has 0 saturated carbocycles. The summed E-state index contributed by atoms with van der Waals surface area (Å²) in [7, 11) is 3.27. The summed E-state index contributed by atoms with van der Waals surface area (Å²) in [5.41, 5.74) is 1.94. The Bertz CT molecular complexity index is 725. The molecule has 2 aromatic carbocycles. The number of rotatable bonds is 5. The fourth-order valence-electron chi connectivity index (χ4n) is 3.04. The minimum absolute atomic E-state index is 0.0846. The van der Waals surface area contributed by atoms with Crippen LogP contribution in [-0.2, 0) is 6.54 Å². The summed E-state index contributed by atoms with van der Waals surface area (Å²) < 4.78 is 10.5. The summed E-state index contributed by atoms with van der Waals surface area (Å²) in [6.45, 7) is 4.00. The molecule has 3 rings (SSSR count). The van der Waals surface area contributed by atoms with E-state index in [1.165, 1.54) is 5.56 Å². The van der Waals surface area contributed by atoms with Crippen molar-refractivity contribution in [2.75, 3.05) is 45.7 Å². The minimum atomic E-state index is -0.0846. The van der Waals surface area contributed by atoms with Gasteiger partial charge >= 0.3 is 6.03 Å². The molecule has 1 aliphatic heterocycles. The number of hydrogen-bond acceptors (Lipinski definition) is 4. The third-order valence-corrected chi connectivity index (χ3v) is 4.57. The number of methoxy groups -OCH3 is 2. The highest BCUT2D eigenvalue weighted by atomic mass is 16.5. The van der Waals surface area contributed by atoms with Gasteiger partial charge in [-0.15, -0.1) is 0 Å². The first kappa shape index (κ1) is 18.1. The van der Waals surface area contributed by atoms with Crippen LogP contribution in [0.25, 0.3) is 0 Å². The molecule has 26 heavy (non-hydrogen) atoms. The number of ether oxygens (including phenoxy) is 2. The molecule has 0 radical (unpaired) electrons. The van der Waals surface area contributed by atoms with Crippen molar-refractivity contribution in [1.82, 2.24) is 9.80 Å². The van der Waals surface area contributed by atoms with Crippen molar-refractivity contribution < 1.29 is 14.3 Å². The van der Waals surface area contributed by atoms with Crippen molar-refractivity contribution in [2.45, 2.75) is 6.54 Å². The monoisotopic (exact) mass is 355 g/mol. The third kappa shape index (κ3) is 4.46. The van der Waals surface area contributed by atoms with E-state index in [-0.39, 0.29) is 6.03 Å². The summed E-state index contributed by atoms with van der Waals surface area (Å²) in [6.07, 6.45) is 0. The van der Waals surface area contributed by atoms with Gasteiger partial charge in [-0.1, -0.05) is 24.3 Å². The SMILES string of the molecule is COc1ccc(CN2CCN(C(=O)Nc3ccccc3OC)CC2)cc1. The van der Waals surface area contributed by atoms with Gasteiger partial charge in [0.2, 0.25) is 0 Å². The Kier molecular flexibility index (Phi) is 5.96. The van der Waals surface area contributed by atoms with Gasteiger partial charge in [0.05, 0.1) is 19.9 Å². The zero-order valence-corrected chi connectivity index (χ0v) is 15.3. The first-order chi connectivity index (χ1) is 12.7. The second-order valence-corrected chi connectivity index (χ2v) is 6.24. The van der Waals surface area contributed by atoms with Gasteiger partial charge < -0.3 is 19.7 Å². The lowest BCUT2D eigenvalue weighted by atomic mass is 10.2. The van der Waals surface area contributed by atoms with Gasteiger partial charge in [0, 0.05) is 32.7 Å². The van der Waals surface area contributed by atoms with Gasteiger partial charge in [-0.05, 0) is 29.8 Å². The molecule has 0 aliphatic carbocycles. The van der Waals surface area contributed by atoms with E-state index in [4.69, 9.17) is 9.47 Å². The van der Waals surface area contributed by atoms with E-state index in [9.17, 15) is 4.79 Å². The maximum absolute atomic E-state index is 12.5. The molecular formula is C20H25N3O3. The quantitative estimate of drug-likeness (QED) is 0.896. The predicted octanol–water partition coefficient (Wildman–Crippen LogP) is 3.05. The number of nitrogens with one attached hydrogen (secondary N) is 1. The Morgan fingerprint density at radius 1 is 0.962 bits per heavy atom. The van der Waals surface area contributed by atoms with Crippen molar-refractivity contribution in [3.63, 3.8) is 0 Å². The fourth-order valence-corrected chi connectivity index (χ4v) is 3.04. The minimum Gasteiger partial charge on any atom is -0.497 e. The topological polar surface area (TPSA) is 54.0 Å². The summed E-state index contributed by atoms with van der Waals surface area (Å²) in [5.74, 6) is 1.53. The van der Waals surface area contributed by atoms with E-state index in [0.29, 0.717) is 24.5 Å². The van der Waals surface area contributed by atoms with Crippen LogP contribution in [0.5, 0.6) is 11.5 Å². The molecule has 6 nitrogen and oxygen atoms in total. The zero-order valence-electron chi connectivity index (χ0n) is 15.3. The summed E-state index contributed by atoms with van der Waals surface area (Å²) in [5, 5.41) is 2.94. The van der Waals surface area contributed by atoms with Crippen molar-refractivity contribution in [3.8, 4) is 11.5 Å². The molecule has 1 N–H and O–H groups in total. The first-order valence-corrected chi connectivity index (χ1v) is 8.74. The number of benzene rings is 2. The maximum atomic E-state index is 12.5. The molecule has 1 saturated heterocycles. The van der Waals surface area contributed by atoms with Crippen molar-refractivity contribution in [3.05, 3.63) is 54.1 Å². The van der Waals surface area contributed by atoms with Gasteiger partial charge in [0.25, 0.3) is 0 Å². The molecule has 0 bridgehead atoms. The molecule has 0 aromatic heterocycles. The Morgan fingerprint density at radius 2 is 1.65 bits per heavy atom. The lowest BCUT2D eigenvalue weighted by Gasteiger charge is -2.34. The van der Waals surface area contributed by atoms with Crippen molar-refractivity contribution in [2.24, 2.45) is 0 Å². The summed E-state index contributed by atoms with van der Waals surface area (Å²) in [4.78, 5) is 16.7. The highest BCUT2D eigenvalue weighted by Gasteiger charge is 2.21. The third-order valence-electron chi connectivity index (χ3n) is 4.57. The second kappa shape index (κ2) is 8.58. The molecule has 138 valence electrons. The van der Waals surface area contributed by atoms with Crippen LogP contribution < -0.4 is 14.8 Å². The van der Waals surface area contributed by atoms with Gasteiger partial charge in [0.1, 0.15) is 11.5 Å². The van der Waals surface area contributed by atoms with Crippen LogP contribution in [0.2, 0.25) is 0 Å². The van der Waals surface area contributed by atoms with Crippen LogP contribution >= 0.6 is 0 Å². The Hall–Kier alpha value is -2.73. The highest BCUT2D eigenvalue weighted by molar-refractivity contribution is 5.91. The number of carbonyl (C=O) groups is 1. The van der Waals surface area contributed by atoms with Gasteiger partial charge in [0.15, 0.2) is 0 Å². The lowest BCUT2D eigenvalue weighted by Crippen LogP contribution is -2.49. The largest absolute Gasteiger partial charge is 0.497 e. The highest BCUT2D eigenvalue weighted by Crippen LogP contribution is 2.23. The number of piperazine rings is 1. The van der Waals surface area contributed by atoms with E-state index in [1.807, 2.05) is 41.3 Å². The Labute approximate surface area is 154 Å². The second-order valence-electron chi connectivity index (χ2n) is 6.24. The van der Waals surface area contributed by atoms with E-state index >= 15 is 0 Å². The van der Waals surface area contributed by atoms with Crippen LogP contribution in [0.3, 0.4) is 0 Å².